The number of para-hydroxylation sites is 2. The van der Waals surface area contributed by atoms with Crippen LogP contribution in [0.5, 0.6) is 0 Å². The van der Waals surface area contributed by atoms with Crippen LogP contribution in [0, 0.1) is 18.5 Å². The van der Waals surface area contributed by atoms with Crippen molar-refractivity contribution in [3.8, 4) is 28.3 Å². The van der Waals surface area contributed by atoms with Gasteiger partial charge >= 0.3 is 20.1 Å². The Labute approximate surface area is 247 Å². The van der Waals surface area contributed by atoms with Crippen LogP contribution >= 0.6 is 0 Å². The molecule has 5 nitrogen and oxygen atoms in total. The molecule has 0 fully saturated rings. The number of rotatable bonds is 3. The molecule has 0 amide bonds. The Morgan fingerprint density at radius 3 is 1.52 bits per heavy atom. The Hall–Kier alpha value is -4.77. The summed E-state index contributed by atoms with van der Waals surface area (Å²) < 4.78 is 1.86. The maximum atomic E-state index is 4.26. The quantitative estimate of drug-likeness (QED) is 0.182. The third kappa shape index (κ3) is 7.64. The van der Waals surface area contributed by atoms with E-state index < -0.39 is 0 Å². The summed E-state index contributed by atoms with van der Waals surface area (Å²) in [6, 6.07) is 47.3. The molecule has 0 unspecified atom stereocenters. The summed E-state index contributed by atoms with van der Waals surface area (Å²) in [7, 11) is 0. The van der Waals surface area contributed by atoms with Gasteiger partial charge in [-0.15, -0.1) is 71.8 Å². The van der Waals surface area contributed by atoms with E-state index in [2.05, 4.69) is 38.4 Å². The summed E-state index contributed by atoms with van der Waals surface area (Å²) in [5.74, 6) is 0.839. The van der Waals surface area contributed by atoms with E-state index in [-0.39, 0.29) is 20.1 Å². The van der Waals surface area contributed by atoms with E-state index in [1.165, 1.54) is 0 Å². The summed E-state index contributed by atoms with van der Waals surface area (Å²) in [5, 5.41) is 0. The minimum Gasteiger partial charge on any atom is -0.411 e. The summed E-state index contributed by atoms with van der Waals surface area (Å²) in [5.41, 5.74) is 5.98. The van der Waals surface area contributed by atoms with Crippen molar-refractivity contribution < 1.29 is 20.1 Å². The Bertz CT molecular complexity index is 1530. The van der Waals surface area contributed by atoms with Crippen LogP contribution in [0.4, 0.5) is 0 Å². The number of imidazole rings is 1. The van der Waals surface area contributed by atoms with Crippen molar-refractivity contribution in [3.05, 3.63) is 164 Å². The smallest absolute Gasteiger partial charge is 0.411 e. The second-order valence-electron chi connectivity index (χ2n) is 8.21. The van der Waals surface area contributed by atoms with Gasteiger partial charge in [-0.05, 0) is 35.1 Å². The van der Waals surface area contributed by atoms with Gasteiger partial charge in [0.15, 0.2) is 0 Å². The molecule has 0 aliphatic rings. The number of hydrogen-bond donors (Lipinski definition) is 0. The first kappa shape index (κ1) is 28.2. The van der Waals surface area contributed by atoms with Crippen molar-refractivity contribution in [1.82, 2.24) is 24.5 Å². The van der Waals surface area contributed by atoms with Gasteiger partial charge in [0.05, 0.1) is 5.82 Å². The number of hydrogen-bond acceptors (Lipinski definition) is 4. The fourth-order valence-corrected chi connectivity index (χ4v) is 3.72. The predicted molar refractivity (Wildman–Crippen MR) is 155 cm³/mol. The summed E-state index contributed by atoms with van der Waals surface area (Å²) in [6.45, 7) is 0. The van der Waals surface area contributed by atoms with E-state index in [0.29, 0.717) is 0 Å². The second kappa shape index (κ2) is 15.0. The number of aromatic nitrogens is 5. The van der Waals surface area contributed by atoms with Crippen molar-refractivity contribution in [1.29, 1.82) is 0 Å². The molecule has 0 radical (unpaired) electrons. The fraction of sp³-hybridized carbons (Fsp3) is 0. The van der Waals surface area contributed by atoms with Gasteiger partial charge in [-0.25, -0.2) is 0 Å². The molecule has 6 heteroatoms. The van der Waals surface area contributed by atoms with Gasteiger partial charge in [0, 0.05) is 24.9 Å². The largest absolute Gasteiger partial charge is 3.00 e. The topological polar surface area (TPSA) is 56.5 Å². The van der Waals surface area contributed by atoms with E-state index in [0.717, 1.165) is 39.4 Å². The zero-order valence-electron chi connectivity index (χ0n) is 21.4. The fourth-order valence-electron chi connectivity index (χ4n) is 3.72. The molecule has 0 saturated heterocycles. The number of fused-ring (bicyclic) bond motifs is 1. The Morgan fingerprint density at radius 2 is 1.02 bits per heavy atom. The Morgan fingerprint density at radius 1 is 0.500 bits per heavy atom. The molecule has 0 atom stereocenters. The van der Waals surface area contributed by atoms with Gasteiger partial charge in [-0.3, -0.25) is 4.98 Å². The zero-order chi connectivity index (χ0) is 26.5. The van der Waals surface area contributed by atoms with Crippen LogP contribution in [-0.4, -0.2) is 24.5 Å². The van der Waals surface area contributed by atoms with E-state index in [9.17, 15) is 0 Å². The zero-order valence-corrected chi connectivity index (χ0v) is 23.8. The second-order valence-corrected chi connectivity index (χ2v) is 8.21. The van der Waals surface area contributed by atoms with Crippen LogP contribution < -0.4 is 0 Å². The SMILES string of the molecule is [Ir+3].[c-]1ccccc1-c1ccccn1.[c-]1ccccc1-c1ccccn1.[c-]1nc2ccccc2n1-c1ccccn1. The molecule has 0 N–H and O–H groups in total. The Balaban J connectivity index is 0.000000138. The number of nitrogens with zero attached hydrogens (tertiary/aromatic N) is 5. The molecular weight excluding hydrogens is 671 g/mol. The average molecular weight is 695 g/mol. The molecule has 194 valence electrons. The number of benzene rings is 3. The monoisotopic (exact) mass is 695 g/mol. The minimum atomic E-state index is 0. The molecule has 0 spiro atoms. The third-order valence-electron chi connectivity index (χ3n) is 5.57. The van der Waals surface area contributed by atoms with Gasteiger partial charge in [-0.1, -0.05) is 66.2 Å². The first-order valence-electron chi connectivity index (χ1n) is 12.4. The molecular formula is C34H24IrN5. The van der Waals surface area contributed by atoms with Gasteiger partial charge in [0.25, 0.3) is 0 Å². The molecule has 0 bridgehead atoms. The molecule has 4 heterocycles. The molecule has 7 rings (SSSR count). The molecule has 0 saturated carbocycles. The molecule has 4 aromatic heterocycles. The number of pyridine rings is 3. The van der Waals surface area contributed by atoms with Crippen molar-refractivity contribution in [2.45, 2.75) is 0 Å². The summed E-state index contributed by atoms with van der Waals surface area (Å²) in [4.78, 5) is 16.9. The van der Waals surface area contributed by atoms with Crippen LogP contribution in [0.1, 0.15) is 0 Å². The van der Waals surface area contributed by atoms with Crippen LogP contribution in [0.25, 0.3) is 39.4 Å². The van der Waals surface area contributed by atoms with Crippen molar-refractivity contribution in [3.63, 3.8) is 0 Å². The Kier molecular flexibility index (Phi) is 10.6. The maximum Gasteiger partial charge on any atom is 3.00 e. The minimum absolute atomic E-state index is 0. The van der Waals surface area contributed by atoms with E-state index in [4.69, 9.17) is 0 Å². The van der Waals surface area contributed by atoms with Crippen LogP contribution in [0.15, 0.2) is 146 Å². The normalized spacial score (nSPS) is 9.80. The summed E-state index contributed by atoms with van der Waals surface area (Å²) in [6.07, 6.45) is 8.27. The van der Waals surface area contributed by atoms with Crippen LogP contribution in [0.3, 0.4) is 0 Å². The molecule has 0 aliphatic heterocycles. The standard InChI is InChI=1S/C12H8N3.2C11H8N.Ir/c1-2-6-11-10(5-1)14-9-15(11)12-7-3-4-8-13-12;2*1-2-6-10(7-3-1)11-8-4-5-9-12-11;/h1-8H;2*1-6,8-9H;/q3*-1;+3. The third-order valence-corrected chi connectivity index (χ3v) is 5.57. The van der Waals surface area contributed by atoms with E-state index in [1.807, 2.05) is 132 Å². The van der Waals surface area contributed by atoms with Gasteiger partial charge in [-0.2, -0.15) is 0 Å². The predicted octanol–water partition coefficient (Wildman–Crippen LogP) is 7.32. The van der Waals surface area contributed by atoms with Gasteiger partial charge in [0.2, 0.25) is 0 Å². The first-order chi connectivity index (χ1) is 19.4. The van der Waals surface area contributed by atoms with E-state index in [1.54, 1.807) is 18.6 Å². The van der Waals surface area contributed by atoms with Crippen LogP contribution in [-0.2, 0) is 20.1 Å². The molecule has 7 aromatic rings. The van der Waals surface area contributed by atoms with Crippen molar-refractivity contribution in [2.24, 2.45) is 0 Å². The van der Waals surface area contributed by atoms with Gasteiger partial charge in [0.1, 0.15) is 0 Å². The molecule has 40 heavy (non-hydrogen) atoms. The summed E-state index contributed by atoms with van der Waals surface area (Å²) >= 11 is 0. The first-order valence-corrected chi connectivity index (χ1v) is 12.4. The van der Waals surface area contributed by atoms with Crippen molar-refractivity contribution >= 4 is 11.0 Å². The molecule has 3 aromatic carbocycles. The van der Waals surface area contributed by atoms with Gasteiger partial charge < -0.3 is 19.5 Å². The van der Waals surface area contributed by atoms with Crippen molar-refractivity contribution in [2.75, 3.05) is 0 Å². The van der Waals surface area contributed by atoms with Crippen LogP contribution in [0.2, 0.25) is 0 Å². The van der Waals surface area contributed by atoms with E-state index >= 15 is 0 Å². The molecule has 0 aliphatic carbocycles. The average Bonchev–Trinajstić information content (AvgIpc) is 3.48. The maximum absolute atomic E-state index is 4.26.